The largest absolute Gasteiger partial charge is 0.398 e. The average Bonchev–Trinajstić information content (AvgIpc) is 3.07. The van der Waals surface area contributed by atoms with Crippen LogP contribution in [0.3, 0.4) is 0 Å². The Balaban J connectivity index is 1.41. The Morgan fingerprint density at radius 2 is 0.900 bits per heavy atom. The molecule has 1 aliphatic rings. The second kappa shape index (κ2) is 13.7. The Hall–Kier alpha value is -5.06. The molecule has 0 bridgehead atoms. The van der Waals surface area contributed by atoms with Crippen molar-refractivity contribution >= 4 is 17.1 Å². The van der Waals surface area contributed by atoms with Crippen molar-refractivity contribution in [3.8, 4) is 11.1 Å². The zero-order chi connectivity index (χ0) is 36.0. The highest BCUT2D eigenvalue weighted by Crippen LogP contribution is 2.44. The predicted molar refractivity (Wildman–Crippen MR) is 215 cm³/mol. The summed E-state index contributed by atoms with van der Waals surface area (Å²) in [5.41, 5.74) is 47.0. The zero-order valence-electron chi connectivity index (χ0n) is 30.9. The fourth-order valence-corrected chi connectivity index (χ4v) is 8.17. The van der Waals surface area contributed by atoms with Gasteiger partial charge in [-0.2, -0.15) is 0 Å². The number of allylic oxidation sites excluding steroid dienone is 2. The summed E-state index contributed by atoms with van der Waals surface area (Å²) in [5, 5.41) is 0. The lowest BCUT2D eigenvalue weighted by Gasteiger charge is -2.35. The second-order valence-electron chi connectivity index (χ2n) is 14.8. The van der Waals surface area contributed by atoms with Gasteiger partial charge in [0.25, 0.3) is 0 Å². The van der Waals surface area contributed by atoms with Gasteiger partial charge < -0.3 is 22.9 Å². The van der Waals surface area contributed by atoms with E-state index in [0.29, 0.717) is 0 Å². The number of aryl methyl sites for hydroxylation is 6. The summed E-state index contributed by atoms with van der Waals surface area (Å²) in [7, 11) is 0. The number of anilines is 3. The molecule has 0 heterocycles. The summed E-state index contributed by atoms with van der Waals surface area (Å²) in [5.74, 6) is 0.00757. The summed E-state index contributed by atoms with van der Waals surface area (Å²) in [6.45, 7) is 16.9. The van der Waals surface area contributed by atoms with E-state index >= 15 is 0 Å². The highest BCUT2D eigenvalue weighted by atomic mass is 14.7. The van der Waals surface area contributed by atoms with Crippen molar-refractivity contribution in [2.45, 2.75) is 73.3 Å². The van der Waals surface area contributed by atoms with Gasteiger partial charge in [-0.15, -0.1) is 0 Å². The van der Waals surface area contributed by atoms with Crippen LogP contribution in [0.2, 0.25) is 0 Å². The molecule has 4 nitrogen and oxygen atoms in total. The van der Waals surface area contributed by atoms with E-state index in [-0.39, 0.29) is 23.8 Å². The normalized spacial score (nSPS) is 16.7. The Morgan fingerprint density at radius 1 is 0.500 bits per heavy atom. The molecule has 0 saturated carbocycles. The highest BCUT2D eigenvalue weighted by molar-refractivity contribution is 5.70. The molecule has 0 aliphatic heterocycles. The number of nitrogens with two attached hydrogens (primary N) is 4. The van der Waals surface area contributed by atoms with Gasteiger partial charge in [0.05, 0.1) is 0 Å². The summed E-state index contributed by atoms with van der Waals surface area (Å²) in [6, 6.07) is 30.9. The predicted octanol–water partition coefficient (Wildman–Crippen LogP) is 10.1. The fraction of sp³-hybridized carbons (Fsp3) is 0.261. The van der Waals surface area contributed by atoms with Crippen molar-refractivity contribution in [3.63, 3.8) is 0 Å². The molecule has 256 valence electrons. The molecular formula is C46H52N4. The van der Waals surface area contributed by atoms with Gasteiger partial charge in [0.15, 0.2) is 0 Å². The molecule has 5 aromatic rings. The summed E-state index contributed by atoms with van der Waals surface area (Å²) < 4.78 is 0. The number of nitrogen functional groups attached to an aromatic ring is 3. The van der Waals surface area contributed by atoms with Gasteiger partial charge in [-0.05, 0) is 111 Å². The smallest absolute Gasteiger partial charge is 0.0386 e. The molecule has 0 spiro atoms. The third-order valence-electron chi connectivity index (χ3n) is 10.7. The summed E-state index contributed by atoms with van der Waals surface area (Å²) in [6.07, 6.45) is 4.52. The van der Waals surface area contributed by atoms with Crippen molar-refractivity contribution in [1.29, 1.82) is 0 Å². The van der Waals surface area contributed by atoms with Crippen LogP contribution in [-0.4, -0.2) is 6.04 Å². The number of hydrogen-bond acceptors (Lipinski definition) is 4. The van der Waals surface area contributed by atoms with Gasteiger partial charge in [-0.3, -0.25) is 0 Å². The molecule has 0 fully saturated rings. The third kappa shape index (κ3) is 6.60. The van der Waals surface area contributed by atoms with Crippen LogP contribution >= 0.6 is 0 Å². The maximum absolute atomic E-state index is 6.91. The fourth-order valence-electron chi connectivity index (χ4n) is 8.17. The molecule has 0 radical (unpaired) electrons. The molecule has 8 N–H and O–H groups in total. The van der Waals surface area contributed by atoms with E-state index in [1.54, 1.807) is 0 Å². The quantitative estimate of drug-likeness (QED) is 0.103. The maximum Gasteiger partial charge on any atom is 0.0386 e. The summed E-state index contributed by atoms with van der Waals surface area (Å²) in [4.78, 5) is 0. The van der Waals surface area contributed by atoms with Gasteiger partial charge in [-0.25, -0.2) is 0 Å². The number of hydrogen-bond donors (Lipinski definition) is 4. The molecule has 6 rings (SSSR count). The lowest BCUT2D eigenvalue weighted by atomic mass is 9.71. The van der Waals surface area contributed by atoms with Crippen molar-refractivity contribution in [3.05, 3.63) is 169 Å². The van der Waals surface area contributed by atoms with E-state index in [0.717, 1.165) is 67.1 Å². The van der Waals surface area contributed by atoms with E-state index in [2.05, 4.69) is 152 Å². The Kier molecular flexibility index (Phi) is 9.52. The average molecular weight is 661 g/mol. The van der Waals surface area contributed by atoms with E-state index in [1.807, 2.05) is 0 Å². The minimum Gasteiger partial charge on any atom is -0.398 e. The van der Waals surface area contributed by atoms with Crippen LogP contribution in [0.15, 0.2) is 108 Å². The van der Waals surface area contributed by atoms with Crippen molar-refractivity contribution in [2.75, 3.05) is 17.2 Å². The van der Waals surface area contributed by atoms with Crippen LogP contribution in [0.1, 0.15) is 86.9 Å². The van der Waals surface area contributed by atoms with E-state index < -0.39 is 0 Å². The van der Waals surface area contributed by atoms with Crippen molar-refractivity contribution in [2.24, 2.45) is 11.7 Å². The topological polar surface area (TPSA) is 104 Å². The first kappa shape index (κ1) is 34.8. The molecule has 1 aliphatic carbocycles. The third-order valence-corrected chi connectivity index (χ3v) is 10.7. The Morgan fingerprint density at radius 3 is 1.36 bits per heavy atom. The standard InChI is InChI=1S/C46H52N4/c1-25-17-29(5)43(47)37(21-25)41(38-22-26(2)18-30(6)44(38)48)35-13-9-33(10-14-35)34-11-15-36(16-12-34)42(39-23-27(3)19-31(7)45(39)49)40-24-28(4)20-32(8)46(40)50/h9-24,37,41-43H,47-50H2,1-8H3. The van der Waals surface area contributed by atoms with E-state index in [9.17, 15) is 0 Å². The van der Waals surface area contributed by atoms with Crippen LogP contribution < -0.4 is 22.9 Å². The second-order valence-corrected chi connectivity index (χ2v) is 14.8. The summed E-state index contributed by atoms with van der Waals surface area (Å²) >= 11 is 0. The van der Waals surface area contributed by atoms with Gasteiger partial charge >= 0.3 is 0 Å². The maximum atomic E-state index is 6.91. The number of benzene rings is 5. The minimum atomic E-state index is -0.0960. The lowest BCUT2D eigenvalue weighted by molar-refractivity contribution is 0.489. The van der Waals surface area contributed by atoms with Crippen molar-refractivity contribution in [1.82, 2.24) is 0 Å². The number of rotatable bonds is 7. The first-order chi connectivity index (χ1) is 23.7. The first-order valence-corrected chi connectivity index (χ1v) is 17.7. The van der Waals surface area contributed by atoms with Crippen molar-refractivity contribution < 1.29 is 0 Å². The van der Waals surface area contributed by atoms with Gasteiger partial charge in [-0.1, -0.05) is 125 Å². The van der Waals surface area contributed by atoms with Crippen LogP contribution in [0.4, 0.5) is 17.1 Å². The van der Waals surface area contributed by atoms with Crippen LogP contribution in [0.5, 0.6) is 0 Å². The molecule has 3 atom stereocenters. The van der Waals surface area contributed by atoms with Gasteiger partial charge in [0, 0.05) is 40.9 Å². The Bertz CT molecular complexity index is 2080. The zero-order valence-corrected chi connectivity index (χ0v) is 30.9. The monoisotopic (exact) mass is 660 g/mol. The van der Waals surface area contributed by atoms with Crippen LogP contribution in [0, 0.1) is 47.5 Å². The molecule has 4 heteroatoms. The lowest BCUT2D eigenvalue weighted by Crippen LogP contribution is -2.36. The highest BCUT2D eigenvalue weighted by Gasteiger charge is 2.33. The molecule has 50 heavy (non-hydrogen) atoms. The minimum absolute atomic E-state index is 0.0193. The Labute approximate surface area is 298 Å². The molecule has 5 aromatic carbocycles. The molecular weight excluding hydrogens is 609 g/mol. The molecule has 0 aromatic heterocycles. The van der Waals surface area contributed by atoms with Gasteiger partial charge in [0.1, 0.15) is 0 Å². The van der Waals surface area contributed by atoms with Gasteiger partial charge in [0.2, 0.25) is 0 Å². The van der Waals surface area contributed by atoms with Crippen LogP contribution in [0.25, 0.3) is 11.1 Å². The molecule has 0 amide bonds. The first-order valence-electron chi connectivity index (χ1n) is 17.7. The van der Waals surface area contributed by atoms with E-state index in [1.165, 1.54) is 33.4 Å². The SMILES string of the molecule is CC1=CC(C(c2ccc(-c3ccc(C(c4cc(C)cc(C)c4N)c4cc(C)cc(C)c4N)cc3)cc2)c2cc(C)cc(C)c2N)C(N)C(C)=C1. The molecule has 0 saturated heterocycles. The molecule has 3 unspecified atom stereocenters. The van der Waals surface area contributed by atoms with E-state index in [4.69, 9.17) is 22.9 Å². The van der Waals surface area contributed by atoms with Crippen LogP contribution in [-0.2, 0) is 0 Å².